The molecule has 1 aromatic heterocycles. The number of hydrogen-bond donors (Lipinski definition) is 1. The van der Waals surface area contributed by atoms with Crippen molar-refractivity contribution < 1.29 is 4.74 Å². The van der Waals surface area contributed by atoms with Crippen molar-refractivity contribution in [2.75, 3.05) is 0 Å². The van der Waals surface area contributed by atoms with Gasteiger partial charge in [-0.25, -0.2) is 19.9 Å². The molecule has 0 amide bonds. The van der Waals surface area contributed by atoms with Gasteiger partial charge in [0.25, 0.3) is 0 Å². The van der Waals surface area contributed by atoms with Crippen LogP contribution < -0.4 is 10.1 Å². The van der Waals surface area contributed by atoms with Gasteiger partial charge in [-0.2, -0.15) is 0 Å². The van der Waals surface area contributed by atoms with Gasteiger partial charge in [0.2, 0.25) is 0 Å². The van der Waals surface area contributed by atoms with Crippen molar-refractivity contribution in [3.05, 3.63) is 222 Å². The zero-order valence-electron chi connectivity index (χ0n) is 33.4. The minimum atomic E-state index is -0.395. The number of nitrogens with one attached hydrogen (secondary N) is 1. The van der Waals surface area contributed by atoms with E-state index in [1.807, 2.05) is 72.8 Å². The average molecular weight is 776 g/mol. The molecule has 0 saturated heterocycles. The Morgan fingerprint density at radius 3 is 1.52 bits per heavy atom. The molecule has 1 N–H and O–H groups in total. The number of aliphatic imine (C=N–C) groups is 1. The van der Waals surface area contributed by atoms with E-state index in [0.29, 0.717) is 23.3 Å². The first-order valence-electron chi connectivity index (χ1n) is 20.3. The number of rotatable bonds is 7. The van der Waals surface area contributed by atoms with Gasteiger partial charge in [0, 0.05) is 44.5 Å². The van der Waals surface area contributed by atoms with Gasteiger partial charge in [-0.3, -0.25) is 0 Å². The van der Waals surface area contributed by atoms with Crippen LogP contribution in [-0.4, -0.2) is 20.8 Å². The van der Waals surface area contributed by atoms with Gasteiger partial charge in [0.15, 0.2) is 17.5 Å². The third-order valence-corrected chi connectivity index (χ3v) is 11.2. The number of allylic oxidation sites excluding steroid dienone is 2. The lowest BCUT2D eigenvalue weighted by molar-refractivity contribution is 0.418. The quantitative estimate of drug-likeness (QED) is 0.175. The van der Waals surface area contributed by atoms with E-state index >= 15 is 0 Å². The fourth-order valence-electron chi connectivity index (χ4n) is 8.09. The smallest absolute Gasteiger partial charge is 0.164 e. The second-order valence-electron chi connectivity index (χ2n) is 15.5. The first-order chi connectivity index (χ1) is 29.5. The fraction of sp³-hybridized carbons (Fsp3) is 0.0741. The molecule has 0 fully saturated rings. The molecule has 6 nitrogen and oxygen atoms in total. The SMILES string of the molecule is CC1(C)c2cccc(C3=NC(c4ccccc4)=CC/C=C(/c4ccccc4)N3)c2Oc2c(-c3cccc(-c4nc(-c5ccccc5)nc(-c5ccccc5)n4)c3)cccc21. The Morgan fingerprint density at radius 1 is 0.450 bits per heavy atom. The second kappa shape index (κ2) is 15.6. The van der Waals surface area contributed by atoms with Crippen LogP contribution >= 0.6 is 0 Å². The van der Waals surface area contributed by atoms with Crippen molar-refractivity contribution in [1.82, 2.24) is 20.3 Å². The first kappa shape index (κ1) is 36.6. The third-order valence-electron chi connectivity index (χ3n) is 11.2. The van der Waals surface area contributed by atoms with E-state index in [1.54, 1.807) is 0 Å². The van der Waals surface area contributed by atoms with Crippen LogP contribution in [0.25, 0.3) is 56.7 Å². The van der Waals surface area contributed by atoms with E-state index in [4.69, 9.17) is 24.7 Å². The van der Waals surface area contributed by atoms with Gasteiger partial charge in [-0.1, -0.05) is 196 Å². The number of benzene rings is 7. The van der Waals surface area contributed by atoms with E-state index < -0.39 is 5.41 Å². The molecule has 6 heteroatoms. The topological polar surface area (TPSA) is 72.3 Å². The summed E-state index contributed by atoms with van der Waals surface area (Å²) in [6.07, 6.45) is 5.15. The summed E-state index contributed by atoms with van der Waals surface area (Å²) < 4.78 is 7.24. The van der Waals surface area contributed by atoms with Crippen LogP contribution in [0.5, 0.6) is 11.5 Å². The molecule has 288 valence electrons. The Hall–Kier alpha value is -7.70. The van der Waals surface area contributed by atoms with Gasteiger partial charge in [0.1, 0.15) is 17.3 Å². The Bertz CT molecular complexity index is 2900. The molecule has 60 heavy (non-hydrogen) atoms. The second-order valence-corrected chi connectivity index (χ2v) is 15.5. The van der Waals surface area contributed by atoms with Crippen LogP contribution in [0.3, 0.4) is 0 Å². The predicted molar refractivity (Wildman–Crippen MR) is 243 cm³/mol. The first-order valence-corrected chi connectivity index (χ1v) is 20.3. The Kier molecular flexibility index (Phi) is 9.51. The van der Waals surface area contributed by atoms with Crippen molar-refractivity contribution in [3.63, 3.8) is 0 Å². The molecule has 10 rings (SSSR count). The zero-order valence-corrected chi connectivity index (χ0v) is 33.4. The minimum absolute atomic E-state index is 0.395. The monoisotopic (exact) mass is 775 g/mol. The molecule has 0 unspecified atom stereocenters. The molecule has 0 spiro atoms. The third kappa shape index (κ3) is 6.98. The number of aromatic nitrogens is 3. The van der Waals surface area contributed by atoms with Crippen LogP contribution in [0.4, 0.5) is 0 Å². The average Bonchev–Trinajstić information content (AvgIpc) is 3.30. The van der Waals surface area contributed by atoms with E-state index in [-0.39, 0.29) is 0 Å². The van der Waals surface area contributed by atoms with Crippen molar-refractivity contribution in [1.29, 1.82) is 0 Å². The summed E-state index contributed by atoms with van der Waals surface area (Å²) in [4.78, 5) is 20.3. The summed E-state index contributed by atoms with van der Waals surface area (Å²) in [5, 5.41) is 3.77. The van der Waals surface area contributed by atoms with Gasteiger partial charge in [-0.15, -0.1) is 0 Å². The van der Waals surface area contributed by atoms with Crippen molar-refractivity contribution in [2.24, 2.45) is 4.99 Å². The lowest BCUT2D eigenvalue weighted by Gasteiger charge is -2.36. The van der Waals surface area contributed by atoms with Gasteiger partial charge < -0.3 is 10.1 Å². The number of para-hydroxylation sites is 2. The van der Waals surface area contributed by atoms with Gasteiger partial charge >= 0.3 is 0 Å². The summed E-state index contributed by atoms with van der Waals surface area (Å²) in [5.41, 5.74) is 11.4. The molecule has 2 aliphatic rings. The normalized spacial score (nSPS) is 15.0. The molecule has 0 radical (unpaired) electrons. The van der Waals surface area contributed by atoms with E-state index in [9.17, 15) is 0 Å². The maximum absolute atomic E-state index is 7.24. The van der Waals surface area contributed by atoms with Crippen LogP contribution in [0.1, 0.15) is 48.1 Å². The number of ether oxygens (including phenoxy) is 1. The van der Waals surface area contributed by atoms with Crippen LogP contribution in [0.15, 0.2) is 199 Å². The molecule has 0 atom stereocenters. The van der Waals surface area contributed by atoms with Gasteiger partial charge in [0.05, 0.1) is 11.3 Å². The maximum Gasteiger partial charge on any atom is 0.164 e. The molecule has 7 aromatic carbocycles. The molecule has 2 aliphatic heterocycles. The summed E-state index contributed by atoms with van der Waals surface area (Å²) in [5.74, 6) is 4.15. The molecule has 0 aliphatic carbocycles. The molecular formula is C54H41N5O. The van der Waals surface area contributed by atoms with E-state index in [1.165, 1.54) is 0 Å². The summed E-state index contributed by atoms with van der Waals surface area (Å²) in [7, 11) is 0. The van der Waals surface area contributed by atoms with Crippen molar-refractivity contribution in [3.8, 4) is 56.8 Å². The summed E-state index contributed by atoms with van der Waals surface area (Å²) in [6.45, 7) is 4.55. The molecule has 8 aromatic rings. The number of hydrogen-bond acceptors (Lipinski definition) is 6. The molecule has 0 saturated carbocycles. The molecule has 0 bridgehead atoms. The Labute approximate surface area is 350 Å². The van der Waals surface area contributed by atoms with E-state index in [0.717, 1.165) is 84.9 Å². The standard InChI is InChI=1S/C54H41N5O/c1-54(2)44-31-16-29-42(40-27-15-28-41(35-40)52-58-50(38-23-11-5-12-24-38)57-51(59-52)39-25-13-6-14-26-39)48(44)60-49-43(30-17-32-45(49)54)53-55-46(36-19-7-3-8-20-36)33-18-34-47(56-53)37-21-9-4-10-22-37/h3-17,19-35H,18H2,1-2H3,(H,55,56)/b46-33-,47-34?. The largest absolute Gasteiger partial charge is 0.455 e. The van der Waals surface area contributed by atoms with Crippen molar-refractivity contribution >= 4 is 17.2 Å². The number of amidine groups is 1. The van der Waals surface area contributed by atoms with Crippen LogP contribution in [-0.2, 0) is 5.41 Å². The Morgan fingerprint density at radius 2 is 0.917 bits per heavy atom. The molecule has 3 heterocycles. The highest BCUT2D eigenvalue weighted by Crippen LogP contribution is 2.52. The summed E-state index contributed by atoms with van der Waals surface area (Å²) in [6, 6.07) is 62.1. The molecular weight excluding hydrogens is 735 g/mol. The minimum Gasteiger partial charge on any atom is -0.455 e. The van der Waals surface area contributed by atoms with Crippen LogP contribution in [0, 0.1) is 0 Å². The van der Waals surface area contributed by atoms with Gasteiger partial charge in [-0.05, 0) is 35.2 Å². The number of nitrogens with zero attached hydrogens (tertiary/aromatic N) is 4. The highest BCUT2D eigenvalue weighted by Gasteiger charge is 2.37. The van der Waals surface area contributed by atoms with E-state index in [2.05, 4.69) is 141 Å². The maximum atomic E-state index is 7.24. The lowest BCUT2D eigenvalue weighted by Crippen LogP contribution is -2.29. The Balaban J connectivity index is 1.09. The van der Waals surface area contributed by atoms with Crippen LogP contribution in [0.2, 0.25) is 0 Å². The predicted octanol–water partition coefficient (Wildman–Crippen LogP) is 12.8. The summed E-state index contributed by atoms with van der Waals surface area (Å²) >= 11 is 0. The highest BCUT2D eigenvalue weighted by molar-refractivity contribution is 6.08. The van der Waals surface area contributed by atoms with Crippen molar-refractivity contribution in [2.45, 2.75) is 25.7 Å². The number of fused-ring (bicyclic) bond motifs is 2. The lowest BCUT2D eigenvalue weighted by atomic mass is 9.74. The highest BCUT2D eigenvalue weighted by atomic mass is 16.5. The fourth-order valence-corrected chi connectivity index (χ4v) is 8.09. The zero-order chi connectivity index (χ0) is 40.5.